The first-order chi connectivity index (χ1) is 14.1. The van der Waals surface area contributed by atoms with Crippen LogP contribution < -0.4 is 10.1 Å². The van der Waals surface area contributed by atoms with E-state index in [-0.39, 0.29) is 12.5 Å². The van der Waals surface area contributed by atoms with Crippen LogP contribution in [0.3, 0.4) is 0 Å². The van der Waals surface area contributed by atoms with Gasteiger partial charge in [-0.25, -0.2) is 4.79 Å². The molecule has 2 aromatic carbocycles. The molecule has 3 aromatic rings. The summed E-state index contributed by atoms with van der Waals surface area (Å²) >= 11 is 1.30. The summed E-state index contributed by atoms with van der Waals surface area (Å²) in [6.45, 7) is 4.72. The Morgan fingerprint density at radius 2 is 1.72 bits per heavy atom. The second-order valence-corrected chi connectivity index (χ2v) is 7.15. The van der Waals surface area contributed by atoms with Crippen molar-refractivity contribution in [3.8, 4) is 16.9 Å². The van der Waals surface area contributed by atoms with Gasteiger partial charge in [-0.2, -0.15) is 0 Å². The van der Waals surface area contributed by atoms with Gasteiger partial charge >= 0.3 is 5.97 Å². The van der Waals surface area contributed by atoms with Crippen molar-refractivity contribution >= 4 is 28.2 Å². The summed E-state index contributed by atoms with van der Waals surface area (Å²) in [6.07, 6.45) is 0.934. The minimum Gasteiger partial charge on any atom is -0.494 e. The molecule has 1 heterocycles. The van der Waals surface area contributed by atoms with Crippen molar-refractivity contribution in [3.63, 3.8) is 0 Å². The predicted molar refractivity (Wildman–Crippen MR) is 116 cm³/mol. The maximum atomic E-state index is 12.7. The summed E-state index contributed by atoms with van der Waals surface area (Å²) in [5.41, 5.74) is 2.46. The van der Waals surface area contributed by atoms with E-state index in [1.54, 1.807) is 31.2 Å². The van der Waals surface area contributed by atoms with Gasteiger partial charge in [-0.3, -0.25) is 4.79 Å². The van der Waals surface area contributed by atoms with E-state index >= 15 is 0 Å². The van der Waals surface area contributed by atoms with E-state index in [1.165, 1.54) is 11.3 Å². The van der Waals surface area contributed by atoms with Crippen molar-refractivity contribution in [2.75, 3.05) is 18.5 Å². The smallest absolute Gasteiger partial charge is 0.341 e. The molecule has 150 valence electrons. The van der Waals surface area contributed by atoms with Crippen LogP contribution in [0.1, 0.15) is 41.0 Å². The number of anilines is 1. The largest absolute Gasteiger partial charge is 0.494 e. The number of thiophene rings is 1. The number of amides is 1. The molecule has 29 heavy (non-hydrogen) atoms. The Balaban J connectivity index is 1.91. The molecule has 0 aliphatic carbocycles. The Hall–Kier alpha value is -3.12. The van der Waals surface area contributed by atoms with Gasteiger partial charge in [0.2, 0.25) is 0 Å². The van der Waals surface area contributed by atoms with Gasteiger partial charge in [-0.05, 0) is 43.2 Å². The minimum atomic E-state index is -0.460. The quantitative estimate of drug-likeness (QED) is 0.490. The van der Waals surface area contributed by atoms with Crippen molar-refractivity contribution in [1.29, 1.82) is 0 Å². The lowest BCUT2D eigenvalue weighted by molar-refractivity contribution is 0.0529. The van der Waals surface area contributed by atoms with E-state index in [0.717, 1.165) is 23.3 Å². The molecule has 0 bridgehead atoms. The summed E-state index contributed by atoms with van der Waals surface area (Å²) in [5.74, 6) is 0.0485. The van der Waals surface area contributed by atoms with Crippen molar-refractivity contribution in [1.82, 2.24) is 0 Å². The van der Waals surface area contributed by atoms with Gasteiger partial charge in [0.05, 0.1) is 13.2 Å². The zero-order valence-corrected chi connectivity index (χ0v) is 17.3. The first kappa shape index (κ1) is 20.6. The molecule has 3 rings (SSSR count). The third-order valence-corrected chi connectivity index (χ3v) is 5.07. The Bertz CT molecular complexity index is 964. The fraction of sp³-hybridized carbons (Fsp3) is 0.217. The highest BCUT2D eigenvalue weighted by Gasteiger charge is 2.23. The van der Waals surface area contributed by atoms with Crippen molar-refractivity contribution in [2.24, 2.45) is 0 Å². The molecule has 0 aliphatic rings. The normalized spacial score (nSPS) is 10.4. The van der Waals surface area contributed by atoms with E-state index in [2.05, 4.69) is 12.2 Å². The maximum Gasteiger partial charge on any atom is 0.341 e. The van der Waals surface area contributed by atoms with Crippen LogP contribution in [-0.2, 0) is 4.74 Å². The first-order valence-electron chi connectivity index (χ1n) is 9.52. The van der Waals surface area contributed by atoms with Crippen molar-refractivity contribution in [2.45, 2.75) is 20.3 Å². The maximum absolute atomic E-state index is 12.7. The number of carbonyl (C=O) groups is 2. The predicted octanol–water partition coefficient (Wildman–Crippen LogP) is 5.63. The van der Waals surface area contributed by atoms with Crippen LogP contribution in [0.25, 0.3) is 11.1 Å². The molecule has 0 fully saturated rings. The van der Waals surface area contributed by atoms with Gasteiger partial charge in [-0.1, -0.05) is 37.3 Å². The molecule has 0 unspecified atom stereocenters. The van der Waals surface area contributed by atoms with Crippen molar-refractivity contribution in [3.05, 3.63) is 71.1 Å². The zero-order chi connectivity index (χ0) is 20.6. The second kappa shape index (κ2) is 9.89. The number of ether oxygens (including phenoxy) is 2. The number of carbonyl (C=O) groups excluding carboxylic acids is 2. The summed E-state index contributed by atoms with van der Waals surface area (Å²) in [6, 6.07) is 16.4. The van der Waals surface area contributed by atoms with Crippen molar-refractivity contribution < 1.29 is 19.1 Å². The molecule has 6 heteroatoms. The number of benzene rings is 2. The topological polar surface area (TPSA) is 64.6 Å². The molecule has 5 nitrogen and oxygen atoms in total. The average molecular weight is 410 g/mol. The summed E-state index contributed by atoms with van der Waals surface area (Å²) < 4.78 is 10.9. The Labute approximate surface area is 174 Å². The molecule has 0 aliphatic heterocycles. The second-order valence-electron chi connectivity index (χ2n) is 6.27. The Morgan fingerprint density at radius 1 is 1.00 bits per heavy atom. The van der Waals surface area contributed by atoms with E-state index in [4.69, 9.17) is 9.47 Å². The summed E-state index contributed by atoms with van der Waals surface area (Å²) in [5, 5.41) is 5.18. The highest BCUT2D eigenvalue weighted by molar-refractivity contribution is 7.15. The first-order valence-corrected chi connectivity index (χ1v) is 10.4. The van der Waals surface area contributed by atoms with E-state index in [1.807, 2.05) is 35.7 Å². The molecular weight excluding hydrogens is 386 g/mol. The Kier molecular flexibility index (Phi) is 7.03. The van der Waals surface area contributed by atoms with Gasteiger partial charge in [0.15, 0.2) is 0 Å². The summed E-state index contributed by atoms with van der Waals surface area (Å²) in [7, 11) is 0. The molecule has 1 N–H and O–H groups in total. The number of esters is 1. The fourth-order valence-electron chi connectivity index (χ4n) is 2.78. The average Bonchev–Trinajstić information content (AvgIpc) is 3.17. The van der Waals surface area contributed by atoms with Crippen LogP contribution in [0.5, 0.6) is 5.75 Å². The van der Waals surface area contributed by atoms with Crippen LogP contribution >= 0.6 is 11.3 Å². The lowest BCUT2D eigenvalue weighted by Gasteiger charge is -2.10. The van der Waals surface area contributed by atoms with Gasteiger partial charge in [0, 0.05) is 16.5 Å². The number of hydrogen-bond donors (Lipinski definition) is 1. The molecule has 0 saturated carbocycles. The fourth-order valence-corrected chi connectivity index (χ4v) is 3.74. The molecule has 1 aromatic heterocycles. The van der Waals surface area contributed by atoms with E-state index < -0.39 is 5.97 Å². The lowest BCUT2D eigenvalue weighted by atomic mass is 10.0. The minimum absolute atomic E-state index is 0.254. The monoisotopic (exact) mass is 409 g/mol. The van der Waals surface area contributed by atoms with Crippen LogP contribution in [-0.4, -0.2) is 25.1 Å². The molecule has 0 radical (unpaired) electrons. The molecule has 0 atom stereocenters. The standard InChI is InChI=1S/C23H23NO4S/c1-3-14-28-18-12-10-16(11-13-18)19-15-29-22(20(19)23(26)27-4-2)24-21(25)17-8-6-5-7-9-17/h5-13,15H,3-4,14H2,1-2H3,(H,24,25). The molecule has 0 saturated heterocycles. The summed E-state index contributed by atoms with van der Waals surface area (Å²) in [4.78, 5) is 25.2. The number of nitrogens with one attached hydrogen (secondary N) is 1. The van der Waals surface area contributed by atoms with E-state index in [0.29, 0.717) is 22.7 Å². The molecule has 1 amide bonds. The van der Waals surface area contributed by atoms with Gasteiger partial charge in [0.25, 0.3) is 5.91 Å². The SMILES string of the molecule is CCCOc1ccc(-c2csc(NC(=O)c3ccccc3)c2C(=O)OCC)cc1. The van der Waals surface area contributed by atoms with Gasteiger partial charge in [0.1, 0.15) is 16.3 Å². The third kappa shape index (κ3) is 5.03. The lowest BCUT2D eigenvalue weighted by Crippen LogP contribution is -2.14. The Morgan fingerprint density at radius 3 is 2.38 bits per heavy atom. The van der Waals surface area contributed by atoms with Gasteiger partial charge in [-0.15, -0.1) is 11.3 Å². The third-order valence-electron chi connectivity index (χ3n) is 4.17. The highest BCUT2D eigenvalue weighted by Crippen LogP contribution is 2.37. The van der Waals surface area contributed by atoms with Crippen LogP contribution in [0.4, 0.5) is 5.00 Å². The van der Waals surface area contributed by atoms with Crippen LogP contribution in [0, 0.1) is 0 Å². The van der Waals surface area contributed by atoms with Gasteiger partial charge < -0.3 is 14.8 Å². The number of hydrogen-bond acceptors (Lipinski definition) is 5. The molecule has 0 spiro atoms. The van der Waals surface area contributed by atoms with Crippen LogP contribution in [0.2, 0.25) is 0 Å². The van der Waals surface area contributed by atoms with Crippen LogP contribution in [0.15, 0.2) is 60.0 Å². The molecular formula is C23H23NO4S. The zero-order valence-electron chi connectivity index (χ0n) is 16.4. The van der Waals surface area contributed by atoms with E-state index in [9.17, 15) is 9.59 Å². The highest BCUT2D eigenvalue weighted by atomic mass is 32.1. The number of rotatable bonds is 8.